The molecule has 1 aromatic heterocycles. The monoisotopic (exact) mass is 308 g/mol. The first kappa shape index (κ1) is 14.7. The minimum Gasteiger partial charge on any atom is -0.236 e. The minimum absolute atomic E-state index is 0.695. The van der Waals surface area contributed by atoms with Crippen LogP contribution in [0.25, 0.3) is 22.5 Å². The molecule has 2 aromatic carbocycles. The van der Waals surface area contributed by atoms with E-state index in [0.717, 1.165) is 16.7 Å². The summed E-state index contributed by atoms with van der Waals surface area (Å²) in [4.78, 5) is 9.04. The first-order chi connectivity index (χ1) is 10.5. The zero-order chi connectivity index (χ0) is 15.7. The van der Waals surface area contributed by atoms with Crippen molar-refractivity contribution in [1.82, 2.24) is 9.97 Å². The summed E-state index contributed by atoms with van der Waals surface area (Å²) in [5.74, 6) is 0.695. The largest absolute Gasteiger partial charge is 0.236 e. The molecule has 0 aliphatic heterocycles. The van der Waals surface area contributed by atoms with Crippen LogP contribution in [0, 0.1) is 20.8 Å². The molecule has 0 fully saturated rings. The molecule has 0 N–H and O–H groups in total. The van der Waals surface area contributed by atoms with Crippen molar-refractivity contribution in [3.63, 3.8) is 0 Å². The van der Waals surface area contributed by atoms with Crippen LogP contribution in [0.15, 0.2) is 48.8 Å². The predicted molar refractivity (Wildman–Crippen MR) is 92.1 cm³/mol. The molecule has 22 heavy (non-hydrogen) atoms. The van der Waals surface area contributed by atoms with E-state index in [1.807, 2.05) is 37.5 Å². The van der Waals surface area contributed by atoms with Gasteiger partial charge >= 0.3 is 0 Å². The Kier molecular flexibility index (Phi) is 3.95. The Morgan fingerprint density at radius 1 is 0.818 bits per heavy atom. The van der Waals surface area contributed by atoms with Crippen LogP contribution in [0.4, 0.5) is 0 Å². The molecule has 3 heteroatoms. The molecule has 0 saturated carbocycles. The highest BCUT2D eigenvalue weighted by atomic mass is 35.5. The Balaban J connectivity index is 2.03. The smallest absolute Gasteiger partial charge is 0.159 e. The van der Waals surface area contributed by atoms with E-state index >= 15 is 0 Å². The molecule has 0 bridgehead atoms. The van der Waals surface area contributed by atoms with Crippen LogP contribution >= 0.6 is 11.6 Å². The number of aromatic nitrogens is 2. The Hall–Kier alpha value is -2.19. The third-order valence-electron chi connectivity index (χ3n) is 3.72. The fourth-order valence-corrected chi connectivity index (χ4v) is 3.03. The molecule has 2 nitrogen and oxygen atoms in total. The molecule has 0 amide bonds. The van der Waals surface area contributed by atoms with E-state index < -0.39 is 0 Å². The highest BCUT2D eigenvalue weighted by Crippen LogP contribution is 2.27. The number of hydrogen-bond acceptors (Lipinski definition) is 2. The number of hydrogen-bond donors (Lipinski definition) is 0. The van der Waals surface area contributed by atoms with Gasteiger partial charge in [-0.3, -0.25) is 0 Å². The number of aryl methyl sites for hydroxylation is 3. The van der Waals surface area contributed by atoms with Gasteiger partial charge in [0.15, 0.2) is 5.82 Å². The zero-order valence-corrected chi connectivity index (χ0v) is 13.6. The maximum atomic E-state index is 6.11. The van der Waals surface area contributed by atoms with Gasteiger partial charge in [-0.2, -0.15) is 0 Å². The SMILES string of the molecule is Cc1cc(Cl)cc(-c2ncc(-c3c(C)cccc3C)cn2)c1. The van der Waals surface area contributed by atoms with Crippen LogP contribution in [0.1, 0.15) is 16.7 Å². The Morgan fingerprint density at radius 2 is 1.45 bits per heavy atom. The van der Waals surface area contributed by atoms with Crippen molar-refractivity contribution in [1.29, 1.82) is 0 Å². The van der Waals surface area contributed by atoms with Gasteiger partial charge in [0.25, 0.3) is 0 Å². The maximum absolute atomic E-state index is 6.11. The topological polar surface area (TPSA) is 25.8 Å². The fraction of sp³-hybridized carbons (Fsp3) is 0.158. The standard InChI is InChI=1S/C19H17ClN2/c1-12-7-15(9-17(20)8-12)19-21-10-16(11-22-19)18-13(2)5-4-6-14(18)3/h4-11H,1-3H3. The van der Waals surface area contributed by atoms with E-state index in [1.165, 1.54) is 16.7 Å². The van der Waals surface area contributed by atoms with Gasteiger partial charge in [-0.25, -0.2) is 9.97 Å². The van der Waals surface area contributed by atoms with Gasteiger partial charge in [0, 0.05) is 28.5 Å². The number of benzene rings is 2. The van der Waals surface area contributed by atoms with Crippen LogP contribution in [0.2, 0.25) is 5.02 Å². The lowest BCUT2D eigenvalue weighted by atomic mass is 9.98. The van der Waals surface area contributed by atoms with Crippen molar-refractivity contribution in [2.45, 2.75) is 20.8 Å². The summed E-state index contributed by atoms with van der Waals surface area (Å²) in [6.07, 6.45) is 3.77. The highest BCUT2D eigenvalue weighted by molar-refractivity contribution is 6.30. The van der Waals surface area contributed by atoms with Crippen LogP contribution < -0.4 is 0 Å². The zero-order valence-electron chi connectivity index (χ0n) is 12.9. The van der Waals surface area contributed by atoms with Crippen molar-refractivity contribution in [2.75, 3.05) is 0 Å². The van der Waals surface area contributed by atoms with Crippen LogP contribution in [0.5, 0.6) is 0 Å². The molecule has 0 aliphatic rings. The molecular formula is C19H17ClN2. The average molecular weight is 309 g/mol. The summed E-state index contributed by atoms with van der Waals surface area (Å²) < 4.78 is 0. The second kappa shape index (κ2) is 5.90. The average Bonchev–Trinajstić information content (AvgIpc) is 2.47. The molecule has 3 aromatic rings. The van der Waals surface area contributed by atoms with Crippen molar-refractivity contribution < 1.29 is 0 Å². The van der Waals surface area contributed by atoms with E-state index in [9.17, 15) is 0 Å². The van der Waals surface area contributed by atoms with Gasteiger partial charge in [-0.1, -0.05) is 29.8 Å². The first-order valence-electron chi connectivity index (χ1n) is 7.21. The van der Waals surface area contributed by atoms with E-state index in [4.69, 9.17) is 11.6 Å². The quantitative estimate of drug-likeness (QED) is 0.634. The summed E-state index contributed by atoms with van der Waals surface area (Å²) in [5.41, 5.74) is 6.75. The third-order valence-corrected chi connectivity index (χ3v) is 3.94. The summed E-state index contributed by atoms with van der Waals surface area (Å²) in [6, 6.07) is 12.1. The molecule has 1 heterocycles. The molecule has 110 valence electrons. The summed E-state index contributed by atoms with van der Waals surface area (Å²) >= 11 is 6.11. The first-order valence-corrected chi connectivity index (χ1v) is 7.58. The second-order valence-corrected chi connectivity index (χ2v) is 6.02. The molecular weight excluding hydrogens is 292 g/mol. The van der Waals surface area contributed by atoms with Crippen LogP contribution in [0.3, 0.4) is 0 Å². The molecule has 0 unspecified atom stereocenters. The molecule has 0 atom stereocenters. The molecule has 0 radical (unpaired) electrons. The summed E-state index contributed by atoms with van der Waals surface area (Å²) in [6.45, 7) is 6.23. The van der Waals surface area contributed by atoms with Crippen LogP contribution in [-0.2, 0) is 0 Å². The van der Waals surface area contributed by atoms with Gasteiger partial charge in [0.05, 0.1) is 0 Å². The summed E-state index contributed by atoms with van der Waals surface area (Å²) in [7, 11) is 0. The third kappa shape index (κ3) is 2.88. The molecule has 0 spiro atoms. The number of nitrogens with zero attached hydrogens (tertiary/aromatic N) is 2. The predicted octanol–water partition coefficient (Wildman–Crippen LogP) is 5.39. The van der Waals surface area contributed by atoms with E-state index in [2.05, 4.69) is 42.0 Å². The Bertz CT molecular complexity index is 783. The lowest BCUT2D eigenvalue weighted by molar-refractivity contribution is 1.17. The minimum atomic E-state index is 0.695. The van der Waals surface area contributed by atoms with E-state index in [1.54, 1.807) is 0 Å². The molecule has 0 saturated heterocycles. The maximum Gasteiger partial charge on any atom is 0.159 e. The van der Waals surface area contributed by atoms with Gasteiger partial charge < -0.3 is 0 Å². The van der Waals surface area contributed by atoms with Gasteiger partial charge in [0.2, 0.25) is 0 Å². The molecule has 0 aliphatic carbocycles. The normalized spacial score (nSPS) is 10.7. The Morgan fingerprint density at radius 3 is 2.05 bits per heavy atom. The number of halogens is 1. The lowest BCUT2D eigenvalue weighted by Gasteiger charge is -2.10. The van der Waals surface area contributed by atoms with Crippen molar-refractivity contribution in [2.24, 2.45) is 0 Å². The summed E-state index contributed by atoms with van der Waals surface area (Å²) in [5, 5.41) is 0.706. The van der Waals surface area contributed by atoms with Crippen LogP contribution in [-0.4, -0.2) is 9.97 Å². The second-order valence-electron chi connectivity index (χ2n) is 5.58. The highest BCUT2D eigenvalue weighted by Gasteiger charge is 2.08. The van der Waals surface area contributed by atoms with Crippen molar-refractivity contribution in [3.8, 4) is 22.5 Å². The van der Waals surface area contributed by atoms with Gasteiger partial charge in [-0.15, -0.1) is 0 Å². The lowest BCUT2D eigenvalue weighted by Crippen LogP contribution is -1.93. The van der Waals surface area contributed by atoms with E-state index in [-0.39, 0.29) is 0 Å². The van der Waals surface area contributed by atoms with Crippen molar-refractivity contribution in [3.05, 3.63) is 70.5 Å². The van der Waals surface area contributed by atoms with Gasteiger partial charge in [-0.05, 0) is 61.2 Å². The van der Waals surface area contributed by atoms with E-state index in [0.29, 0.717) is 10.8 Å². The fourth-order valence-electron chi connectivity index (χ4n) is 2.74. The number of rotatable bonds is 2. The van der Waals surface area contributed by atoms with Crippen molar-refractivity contribution >= 4 is 11.6 Å². The van der Waals surface area contributed by atoms with Gasteiger partial charge in [0.1, 0.15) is 0 Å². The Labute approximate surface area is 135 Å². The molecule has 3 rings (SSSR count).